The number of nitrogens with two attached hydrogens (primary N) is 1. The number of fused-ring (bicyclic) bond motifs is 1. The molecule has 3 N–H and O–H groups in total. The van der Waals surface area contributed by atoms with E-state index < -0.39 is 6.29 Å². The zero-order chi connectivity index (χ0) is 20.3. The Morgan fingerprint density at radius 1 is 1.17 bits per heavy atom. The van der Waals surface area contributed by atoms with Crippen LogP contribution in [-0.2, 0) is 0 Å². The molecule has 5 rings (SSSR count). The summed E-state index contributed by atoms with van der Waals surface area (Å²) in [5, 5.41) is 3.96. The summed E-state index contributed by atoms with van der Waals surface area (Å²) in [6.07, 6.45) is 2.01. The number of thiazole rings is 1. The number of anilines is 3. The maximum Gasteiger partial charge on any atom is 0.280 e. The van der Waals surface area contributed by atoms with Gasteiger partial charge in [0.15, 0.2) is 16.6 Å². The van der Waals surface area contributed by atoms with Crippen molar-refractivity contribution < 1.29 is 14.2 Å². The second-order valence-corrected chi connectivity index (χ2v) is 8.29. The van der Waals surface area contributed by atoms with Gasteiger partial charge in [0.25, 0.3) is 6.29 Å². The molecule has 1 unspecified atom stereocenters. The lowest BCUT2D eigenvalue weighted by Gasteiger charge is -2.15. The number of benzene rings is 2. The summed E-state index contributed by atoms with van der Waals surface area (Å²) >= 11 is 1.41. The Labute approximate surface area is 179 Å². The molecule has 0 saturated carbocycles. The fraction of sp³-hybridized carbons (Fsp3) is 0.318. The van der Waals surface area contributed by atoms with Crippen LogP contribution in [0.1, 0.15) is 24.0 Å². The number of rotatable bonds is 7. The van der Waals surface area contributed by atoms with Crippen LogP contribution in [0.25, 0.3) is 0 Å². The van der Waals surface area contributed by atoms with Gasteiger partial charge in [0.2, 0.25) is 0 Å². The molecular formula is C22H23N4O3S. The minimum Gasteiger partial charge on any atom is -0.492 e. The number of likely N-dealkylation sites (tertiary alicyclic amines) is 1. The van der Waals surface area contributed by atoms with E-state index in [0.29, 0.717) is 29.1 Å². The van der Waals surface area contributed by atoms with Gasteiger partial charge in [-0.15, -0.1) is 0 Å². The van der Waals surface area contributed by atoms with E-state index in [9.17, 15) is 0 Å². The number of ether oxygens (including phenoxy) is 3. The highest BCUT2D eigenvalue weighted by Crippen LogP contribution is 2.43. The highest BCUT2D eigenvalue weighted by molar-refractivity contribution is 7.16. The topological polar surface area (TPSA) is 81.9 Å². The number of aromatic nitrogens is 1. The lowest BCUT2D eigenvalue weighted by Crippen LogP contribution is -2.25. The predicted octanol–water partition coefficient (Wildman–Crippen LogP) is 4.21. The average Bonchev–Trinajstić information content (AvgIpc) is 3.49. The molecule has 2 aromatic carbocycles. The van der Waals surface area contributed by atoms with Gasteiger partial charge in [-0.1, -0.05) is 17.4 Å². The summed E-state index contributed by atoms with van der Waals surface area (Å²) < 4.78 is 17.5. The fourth-order valence-electron chi connectivity index (χ4n) is 3.57. The molecule has 30 heavy (non-hydrogen) atoms. The van der Waals surface area contributed by atoms with Crippen LogP contribution in [0.2, 0.25) is 0 Å². The van der Waals surface area contributed by atoms with Gasteiger partial charge in [-0.2, -0.15) is 0 Å². The van der Waals surface area contributed by atoms with E-state index in [1.807, 2.05) is 30.3 Å². The van der Waals surface area contributed by atoms with Crippen molar-refractivity contribution in [3.63, 3.8) is 0 Å². The highest BCUT2D eigenvalue weighted by atomic mass is 32.1. The molecule has 3 heterocycles. The third-order valence-electron chi connectivity index (χ3n) is 5.13. The normalized spacial score (nSPS) is 16.1. The minimum absolute atomic E-state index is 0.395. The van der Waals surface area contributed by atoms with Gasteiger partial charge in [0, 0.05) is 12.2 Å². The number of hydrogen-bond acceptors (Lipinski definition) is 8. The summed E-state index contributed by atoms with van der Waals surface area (Å²) in [6, 6.07) is 16.2. The third-order valence-corrected chi connectivity index (χ3v) is 6.14. The van der Waals surface area contributed by atoms with Crippen molar-refractivity contribution in [1.82, 2.24) is 9.88 Å². The molecule has 2 aliphatic heterocycles. The Morgan fingerprint density at radius 3 is 2.77 bits per heavy atom. The molecule has 1 saturated heterocycles. The first-order valence-corrected chi connectivity index (χ1v) is 10.9. The average molecular weight is 424 g/mol. The van der Waals surface area contributed by atoms with Crippen LogP contribution in [0.4, 0.5) is 16.6 Å². The van der Waals surface area contributed by atoms with Crippen LogP contribution in [-0.4, -0.2) is 36.1 Å². The van der Waals surface area contributed by atoms with E-state index in [1.165, 1.54) is 37.3 Å². The van der Waals surface area contributed by atoms with Gasteiger partial charge >= 0.3 is 0 Å². The number of hydrogen-bond donors (Lipinski definition) is 2. The van der Waals surface area contributed by atoms with Crippen LogP contribution in [0.3, 0.4) is 0 Å². The van der Waals surface area contributed by atoms with E-state index in [1.54, 1.807) is 12.1 Å². The summed E-state index contributed by atoms with van der Waals surface area (Å²) in [6.45, 7) is 4.06. The van der Waals surface area contributed by atoms with Gasteiger partial charge < -0.3 is 25.3 Å². The summed E-state index contributed by atoms with van der Waals surface area (Å²) in [4.78, 5) is 7.58. The second-order valence-electron chi connectivity index (χ2n) is 7.26. The second kappa shape index (κ2) is 8.41. The van der Waals surface area contributed by atoms with Crippen molar-refractivity contribution in [3.8, 4) is 17.2 Å². The molecule has 0 bridgehead atoms. The van der Waals surface area contributed by atoms with E-state index in [0.717, 1.165) is 22.9 Å². The molecule has 7 nitrogen and oxygen atoms in total. The van der Waals surface area contributed by atoms with E-state index >= 15 is 0 Å². The standard InChI is InChI=1S/C22H23N4O3S/c23-20-19(21-28-17-5-1-2-6-18(17)29-21)30-22(25-20)24-15-7-9-16(10-8-15)27-14-13-26-11-3-4-12-26/h1,5-10,21H,3-4,11-14,23H2,(H,24,25). The monoisotopic (exact) mass is 423 g/mol. The van der Waals surface area contributed by atoms with Gasteiger partial charge in [-0.25, -0.2) is 4.98 Å². The number of nitrogens with one attached hydrogen (secondary N) is 1. The quantitative estimate of drug-likeness (QED) is 0.589. The van der Waals surface area contributed by atoms with Gasteiger partial charge in [0.05, 0.1) is 0 Å². The van der Waals surface area contributed by atoms with Crippen molar-refractivity contribution in [1.29, 1.82) is 0 Å². The molecule has 1 atom stereocenters. The molecule has 0 amide bonds. The maximum absolute atomic E-state index is 6.11. The van der Waals surface area contributed by atoms with Crippen molar-refractivity contribution >= 4 is 28.0 Å². The first-order chi connectivity index (χ1) is 14.7. The Morgan fingerprint density at radius 2 is 1.97 bits per heavy atom. The SMILES string of the molecule is Nc1nc(Nc2ccc(OCCN3CCCC3)cc2)sc1C1Oc2c[c]ccc2O1. The van der Waals surface area contributed by atoms with Gasteiger partial charge in [-0.05, 0) is 68.4 Å². The molecule has 0 spiro atoms. The summed E-state index contributed by atoms with van der Waals surface area (Å²) in [5.74, 6) is 2.60. The Hall–Kier alpha value is -2.97. The van der Waals surface area contributed by atoms with E-state index in [2.05, 4.69) is 21.3 Å². The predicted molar refractivity (Wildman–Crippen MR) is 117 cm³/mol. The van der Waals surface area contributed by atoms with Crippen LogP contribution < -0.4 is 25.3 Å². The van der Waals surface area contributed by atoms with Crippen molar-refractivity contribution in [2.45, 2.75) is 19.1 Å². The zero-order valence-corrected chi connectivity index (χ0v) is 17.3. The lowest BCUT2D eigenvalue weighted by molar-refractivity contribution is 0.0525. The Balaban J connectivity index is 1.18. The smallest absolute Gasteiger partial charge is 0.280 e. The number of nitrogen functional groups attached to an aromatic ring is 1. The van der Waals surface area contributed by atoms with Crippen LogP contribution in [0.5, 0.6) is 17.2 Å². The van der Waals surface area contributed by atoms with E-state index in [4.69, 9.17) is 19.9 Å². The fourth-order valence-corrected chi connectivity index (χ4v) is 4.44. The molecule has 1 fully saturated rings. The minimum atomic E-state index is -0.588. The molecule has 0 aliphatic carbocycles. The molecular weight excluding hydrogens is 400 g/mol. The first kappa shape index (κ1) is 19.0. The Bertz CT molecular complexity index is 977. The molecule has 155 valence electrons. The van der Waals surface area contributed by atoms with Crippen LogP contribution >= 0.6 is 11.3 Å². The highest BCUT2D eigenvalue weighted by Gasteiger charge is 2.30. The van der Waals surface area contributed by atoms with Gasteiger partial charge in [0.1, 0.15) is 23.1 Å². The molecule has 1 radical (unpaired) electrons. The van der Waals surface area contributed by atoms with Gasteiger partial charge in [-0.3, -0.25) is 4.90 Å². The largest absolute Gasteiger partial charge is 0.492 e. The zero-order valence-electron chi connectivity index (χ0n) is 16.5. The summed E-state index contributed by atoms with van der Waals surface area (Å²) in [7, 11) is 0. The van der Waals surface area contributed by atoms with Crippen LogP contribution in [0.15, 0.2) is 42.5 Å². The number of nitrogens with zero attached hydrogens (tertiary/aromatic N) is 2. The maximum atomic E-state index is 6.11. The first-order valence-electron chi connectivity index (χ1n) is 10.1. The molecule has 2 aliphatic rings. The van der Waals surface area contributed by atoms with Crippen molar-refractivity contribution in [2.75, 3.05) is 37.3 Å². The van der Waals surface area contributed by atoms with Crippen molar-refractivity contribution in [3.05, 3.63) is 53.4 Å². The molecule has 3 aromatic rings. The molecule has 8 heteroatoms. The Kier molecular flexibility index (Phi) is 5.33. The lowest BCUT2D eigenvalue weighted by atomic mass is 10.3. The third kappa shape index (κ3) is 4.15. The van der Waals surface area contributed by atoms with Crippen molar-refractivity contribution in [2.24, 2.45) is 0 Å². The van der Waals surface area contributed by atoms with Crippen LogP contribution in [0, 0.1) is 6.07 Å². The summed E-state index contributed by atoms with van der Waals surface area (Å²) in [5.41, 5.74) is 7.02. The van der Waals surface area contributed by atoms with E-state index in [-0.39, 0.29) is 0 Å². The molecule has 1 aromatic heterocycles.